The van der Waals surface area contributed by atoms with E-state index in [1.165, 1.54) is 0 Å². The van der Waals surface area contributed by atoms with Gasteiger partial charge in [0, 0.05) is 44.7 Å². The number of nitrogens with zero attached hydrogens (tertiary/aromatic N) is 2. The molecule has 0 unspecified atom stereocenters. The van der Waals surface area contributed by atoms with Crippen LogP contribution in [0, 0.1) is 0 Å². The van der Waals surface area contributed by atoms with Crippen LogP contribution in [0.25, 0.3) is 77.5 Å². The van der Waals surface area contributed by atoms with E-state index in [0.717, 1.165) is 88.7 Å². The molecule has 0 saturated carbocycles. The summed E-state index contributed by atoms with van der Waals surface area (Å²) in [4.78, 5) is 7.26. The zero-order valence-electron chi connectivity index (χ0n) is 27.5. The van der Waals surface area contributed by atoms with Gasteiger partial charge in [-0.1, -0.05) is 121 Å². The number of oxazole rings is 1. The van der Waals surface area contributed by atoms with Crippen molar-refractivity contribution in [3.8, 4) is 33.7 Å². The van der Waals surface area contributed by atoms with Crippen molar-refractivity contribution in [3.05, 3.63) is 182 Å². The van der Waals surface area contributed by atoms with E-state index in [1.54, 1.807) is 0 Å². The van der Waals surface area contributed by atoms with E-state index >= 15 is 0 Å². The van der Waals surface area contributed by atoms with Gasteiger partial charge in [0.1, 0.15) is 16.7 Å². The number of aromatic nitrogens is 1. The van der Waals surface area contributed by atoms with Gasteiger partial charge in [-0.2, -0.15) is 0 Å². The van der Waals surface area contributed by atoms with Gasteiger partial charge < -0.3 is 13.7 Å². The highest BCUT2D eigenvalue weighted by atomic mass is 16.3. The van der Waals surface area contributed by atoms with Crippen LogP contribution in [-0.2, 0) is 0 Å². The van der Waals surface area contributed by atoms with E-state index in [0.29, 0.717) is 5.89 Å². The maximum absolute atomic E-state index is 6.38. The Bertz CT molecular complexity index is 2850. The largest absolute Gasteiger partial charge is 0.456 e. The molecule has 0 spiro atoms. The second kappa shape index (κ2) is 11.9. The van der Waals surface area contributed by atoms with Gasteiger partial charge in [-0.15, -0.1) is 0 Å². The van der Waals surface area contributed by atoms with Crippen LogP contribution in [-0.4, -0.2) is 4.98 Å². The highest BCUT2D eigenvalue weighted by Gasteiger charge is 2.20. The summed E-state index contributed by atoms with van der Waals surface area (Å²) in [5.74, 6) is 0.623. The van der Waals surface area contributed by atoms with Crippen molar-refractivity contribution >= 4 is 60.9 Å². The Morgan fingerprint density at radius 2 is 1.00 bits per heavy atom. The quantitative estimate of drug-likeness (QED) is 0.179. The maximum Gasteiger partial charge on any atom is 0.227 e. The minimum absolute atomic E-state index is 0.623. The standard InChI is InChI=1S/C47H30N2O2/c1-3-13-31(14-4-1)36-17-9-11-21-43(36)49(35-27-28-39-38-19-10-12-22-44(38)50-45(39)29-35)34-25-23-32(24-26-34)41-30-42-46(40-20-8-7-18-37(40)41)51-47(48-42)33-15-5-2-6-16-33/h1-30H. The summed E-state index contributed by atoms with van der Waals surface area (Å²) in [6.07, 6.45) is 0. The number of benzene rings is 8. The molecule has 51 heavy (non-hydrogen) atoms. The van der Waals surface area contributed by atoms with E-state index in [-0.39, 0.29) is 0 Å². The molecule has 10 rings (SSSR count). The molecule has 8 aromatic carbocycles. The number of rotatable bonds is 6. The Morgan fingerprint density at radius 1 is 0.392 bits per heavy atom. The Morgan fingerprint density at radius 3 is 1.80 bits per heavy atom. The van der Waals surface area contributed by atoms with Crippen LogP contribution >= 0.6 is 0 Å². The third kappa shape index (κ3) is 4.96. The minimum Gasteiger partial charge on any atom is -0.456 e. The molecular formula is C47H30N2O2. The number of furan rings is 1. The van der Waals surface area contributed by atoms with Crippen LogP contribution in [0.4, 0.5) is 17.1 Å². The molecule has 0 atom stereocenters. The maximum atomic E-state index is 6.38. The Balaban J connectivity index is 1.13. The van der Waals surface area contributed by atoms with Gasteiger partial charge in [-0.3, -0.25) is 0 Å². The first kappa shape index (κ1) is 29.0. The summed E-state index contributed by atoms with van der Waals surface area (Å²) < 4.78 is 12.8. The van der Waals surface area contributed by atoms with Crippen molar-refractivity contribution in [1.29, 1.82) is 0 Å². The van der Waals surface area contributed by atoms with Crippen LogP contribution in [0.3, 0.4) is 0 Å². The van der Waals surface area contributed by atoms with Crippen molar-refractivity contribution in [1.82, 2.24) is 4.98 Å². The van der Waals surface area contributed by atoms with Gasteiger partial charge in [0.25, 0.3) is 0 Å². The summed E-state index contributed by atoms with van der Waals surface area (Å²) >= 11 is 0. The Hall–Kier alpha value is -6.91. The van der Waals surface area contributed by atoms with E-state index in [4.69, 9.17) is 13.8 Å². The SMILES string of the molecule is c1ccc(-c2nc3cc(-c4ccc(N(c5ccc6c(c5)oc5ccccc56)c5ccccc5-c5ccccc5)cc4)c4ccccc4c3o2)cc1. The molecule has 4 nitrogen and oxygen atoms in total. The predicted molar refractivity (Wildman–Crippen MR) is 210 cm³/mol. The lowest BCUT2D eigenvalue weighted by Gasteiger charge is -2.28. The lowest BCUT2D eigenvalue weighted by Crippen LogP contribution is -2.11. The highest BCUT2D eigenvalue weighted by molar-refractivity contribution is 6.11. The number of anilines is 3. The van der Waals surface area contributed by atoms with Gasteiger partial charge in [0.15, 0.2) is 5.58 Å². The monoisotopic (exact) mass is 654 g/mol. The van der Waals surface area contributed by atoms with Crippen molar-refractivity contribution in [2.24, 2.45) is 0 Å². The molecule has 2 heterocycles. The first-order valence-corrected chi connectivity index (χ1v) is 17.1. The number of hydrogen-bond donors (Lipinski definition) is 0. The molecule has 0 radical (unpaired) electrons. The predicted octanol–water partition coefficient (Wildman–Crippen LogP) is 13.4. The van der Waals surface area contributed by atoms with E-state index in [1.807, 2.05) is 42.5 Å². The number of para-hydroxylation sites is 2. The third-order valence-electron chi connectivity index (χ3n) is 9.70. The van der Waals surface area contributed by atoms with Crippen LogP contribution < -0.4 is 4.90 Å². The van der Waals surface area contributed by atoms with Crippen molar-refractivity contribution < 1.29 is 8.83 Å². The molecule has 4 heteroatoms. The van der Waals surface area contributed by atoms with Gasteiger partial charge in [-0.05, 0) is 76.7 Å². The molecule has 0 aliphatic rings. The van der Waals surface area contributed by atoms with E-state index in [2.05, 4.69) is 144 Å². The fourth-order valence-electron chi connectivity index (χ4n) is 7.30. The van der Waals surface area contributed by atoms with Crippen LogP contribution in [0.15, 0.2) is 191 Å². The highest BCUT2D eigenvalue weighted by Crippen LogP contribution is 2.44. The molecule has 240 valence electrons. The van der Waals surface area contributed by atoms with E-state index in [9.17, 15) is 0 Å². The smallest absolute Gasteiger partial charge is 0.227 e. The average Bonchev–Trinajstić information content (AvgIpc) is 3.81. The first-order chi connectivity index (χ1) is 25.3. The van der Waals surface area contributed by atoms with Gasteiger partial charge in [0.2, 0.25) is 5.89 Å². The molecule has 2 aromatic heterocycles. The second-order valence-corrected chi connectivity index (χ2v) is 12.7. The summed E-state index contributed by atoms with van der Waals surface area (Å²) in [5.41, 5.74) is 12.0. The molecule has 0 aliphatic heterocycles. The van der Waals surface area contributed by atoms with Crippen LogP contribution in [0.1, 0.15) is 0 Å². The molecule has 10 aromatic rings. The van der Waals surface area contributed by atoms with Crippen LogP contribution in [0.2, 0.25) is 0 Å². The van der Waals surface area contributed by atoms with Crippen molar-refractivity contribution in [2.45, 2.75) is 0 Å². The molecule has 0 saturated heterocycles. The third-order valence-corrected chi connectivity index (χ3v) is 9.70. The molecule has 0 amide bonds. The second-order valence-electron chi connectivity index (χ2n) is 12.7. The van der Waals surface area contributed by atoms with E-state index < -0.39 is 0 Å². The summed E-state index contributed by atoms with van der Waals surface area (Å²) in [7, 11) is 0. The summed E-state index contributed by atoms with van der Waals surface area (Å²) in [6, 6.07) is 63.3. The fourth-order valence-corrected chi connectivity index (χ4v) is 7.30. The molecular weight excluding hydrogens is 625 g/mol. The molecule has 0 bridgehead atoms. The van der Waals surface area contributed by atoms with Gasteiger partial charge >= 0.3 is 0 Å². The van der Waals surface area contributed by atoms with Gasteiger partial charge in [-0.25, -0.2) is 4.98 Å². The normalized spacial score (nSPS) is 11.5. The average molecular weight is 655 g/mol. The summed E-state index contributed by atoms with van der Waals surface area (Å²) in [6.45, 7) is 0. The number of hydrogen-bond acceptors (Lipinski definition) is 4. The number of fused-ring (bicyclic) bond motifs is 6. The lowest BCUT2D eigenvalue weighted by atomic mass is 9.96. The summed E-state index contributed by atoms with van der Waals surface area (Å²) in [5, 5.41) is 4.38. The first-order valence-electron chi connectivity index (χ1n) is 17.1. The zero-order valence-corrected chi connectivity index (χ0v) is 27.5. The van der Waals surface area contributed by atoms with Gasteiger partial charge in [0.05, 0.1) is 5.69 Å². The molecule has 0 N–H and O–H groups in total. The van der Waals surface area contributed by atoms with Crippen LogP contribution in [0.5, 0.6) is 0 Å². The molecule has 0 aliphatic carbocycles. The Labute approximate surface area is 294 Å². The topological polar surface area (TPSA) is 42.4 Å². The van der Waals surface area contributed by atoms with Crippen molar-refractivity contribution in [3.63, 3.8) is 0 Å². The Kier molecular flexibility index (Phi) is 6.78. The van der Waals surface area contributed by atoms with Crippen molar-refractivity contribution in [2.75, 3.05) is 4.90 Å². The zero-order chi connectivity index (χ0) is 33.7. The lowest BCUT2D eigenvalue weighted by molar-refractivity contribution is 0.623. The fraction of sp³-hybridized carbons (Fsp3) is 0. The molecule has 0 fully saturated rings. The minimum atomic E-state index is 0.623.